The normalized spacial score (nSPS) is 11.5. The zero-order valence-electron chi connectivity index (χ0n) is 18.1. The first-order chi connectivity index (χ1) is 16.6. The van der Waals surface area contributed by atoms with Crippen molar-refractivity contribution >= 4 is 40.8 Å². The van der Waals surface area contributed by atoms with Gasteiger partial charge in [0, 0.05) is 11.1 Å². The van der Waals surface area contributed by atoms with Crippen LogP contribution in [0.1, 0.15) is 23.6 Å². The third-order valence-corrected chi connectivity index (χ3v) is 5.08. The standard InChI is InChI=1S/C23H18Cl2F3N3O4/c1-2-34-21-10-15(9-18(25)22(21)35-13-14-3-6-17(24)7-4-14)12-29-30-19-8-5-16(23(26,27)28)11-20(19)31(32)33/h3-12,30H,2,13H2,1H3/b29-12-. The minimum absolute atomic E-state index is 0.210. The van der Waals surface area contributed by atoms with Gasteiger partial charge in [0.05, 0.1) is 28.3 Å². The molecule has 1 N–H and O–H groups in total. The van der Waals surface area contributed by atoms with E-state index >= 15 is 0 Å². The number of nitrogens with zero attached hydrogens (tertiary/aromatic N) is 2. The van der Waals surface area contributed by atoms with Crippen molar-refractivity contribution < 1.29 is 27.6 Å². The van der Waals surface area contributed by atoms with Crippen molar-refractivity contribution in [1.29, 1.82) is 0 Å². The van der Waals surface area contributed by atoms with E-state index in [-0.39, 0.29) is 17.3 Å². The van der Waals surface area contributed by atoms with Crippen LogP contribution in [-0.4, -0.2) is 17.7 Å². The molecule has 3 rings (SSSR count). The summed E-state index contributed by atoms with van der Waals surface area (Å²) in [6.07, 6.45) is -3.42. The Hall–Kier alpha value is -3.50. The van der Waals surface area contributed by atoms with Crippen molar-refractivity contribution in [3.63, 3.8) is 0 Å². The second-order valence-electron chi connectivity index (χ2n) is 7.03. The molecule has 0 aromatic heterocycles. The Balaban J connectivity index is 1.79. The summed E-state index contributed by atoms with van der Waals surface area (Å²) in [7, 11) is 0. The second kappa shape index (κ2) is 11.3. The fourth-order valence-corrected chi connectivity index (χ4v) is 3.33. The summed E-state index contributed by atoms with van der Waals surface area (Å²) < 4.78 is 50.0. The van der Waals surface area contributed by atoms with Gasteiger partial charge in [0.15, 0.2) is 11.5 Å². The van der Waals surface area contributed by atoms with Crippen LogP contribution in [-0.2, 0) is 12.8 Å². The topological polar surface area (TPSA) is 86.0 Å². The fraction of sp³-hybridized carbons (Fsp3) is 0.174. The molecule has 35 heavy (non-hydrogen) atoms. The Morgan fingerprint density at radius 3 is 2.43 bits per heavy atom. The average molecular weight is 528 g/mol. The lowest BCUT2D eigenvalue weighted by Crippen LogP contribution is -2.06. The van der Waals surface area contributed by atoms with Gasteiger partial charge in [-0.1, -0.05) is 35.3 Å². The molecule has 0 atom stereocenters. The summed E-state index contributed by atoms with van der Waals surface area (Å²) in [5, 5.41) is 15.9. The maximum Gasteiger partial charge on any atom is 0.416 e. The highest BCUT2D eigenvalue weighted by Gasteiger charge is 2.33. The van der Waals surface area contributed by atoms with Crippen molar-refractivity contribution in [3.8, 4) is 11.5 Å². The lowest BCUT2D eigenvalue weighted by atomic mass is 10.1. The van der Waals surface area contributed by atoms with E-state index < -0.39 is 22.4 Å². The van der Waals surface area contributed by atoms with E-state index in [0.29, 0.717) is 34.8 Å². The number of rotatable bonds is 9. The number of nitrogens with one attached hydrogen (secondary N) is 1. The Bertz CT molecular complexity index is 1240. The number of anilines is 1. The molecule has 0 spiro atoms. The summed E-state index contributed by atoms with van der Waals surface area (Å²) in [6, 6.07) is 12.3. The summed E-state index contributed by atoms with van der Waals surface area (Å²) >= 11 is 12.3. The molecule has 0 fully saturated rings. The van der Waals surface area contributed by atoms with Crippen molar-refractivity contribution in [2.75, 3.05) is 12.0 Å². The molecule has 12 heteroatoms. The van der Waals surface area contributed by atoms with E-state index in [2.05, 4.69) is 10.5 Å². The Morgan fingerprint density at radius 2 is 1.80 bits per heavy atom. The molecule has 0 bridgehead atoms. The van der Waals surface area contributed by atoms with Crippen molar-refractivity contribution in [2.24, 2.45) is 5.10 Å². The molecule has 0 heterocycles. The number of alkyl halides is 3. The van der Waals surface area contributed by atoms with Gasteiger partial charge in [-0.05, 0) is 54.4 Å². The summed E-state index contributed by atoms with van der Waals surface area (Å²) in [4.78, 5) is 10.3. The third-order valence-electron chi connectivity index (χ3n) is 4.55. The molecule has 184 valence electrons. The number of hydrogen-bond acceptors (Lipinski definition) is 6. The minimum atomic E-state index is -4.71. The molecule has 3 aromatic rings. The molecule has 7 nitrogen and oxygen atoms in total. The molecular weight excluding hydrogens is 510 g/mol. The lowest BCUT2D eigenvalue weighted by Gasteiger charge is -2.14. The van der Waals surface area contributed by atoms with Crippen LogP contribution in [0.3, 0.4) is 0 Å². The molecule has 3 aromatic carbocycles. The zero-order valence-corrected chi connectivity index (χ0v) is 19.6. The van der Waals surface area contributed by atoms with Crippen LogP contribution in [0.4, 0.5) is 24.5 Å². The predicted molar refractivity (Wildman–Crippen MR) is 128 cm³/mol. The molecule has 0 aliphatic carbocycles. The van der Waals surface area contributed by atoms with E-state index in [4.69, 9.17) is 32.7 Å². The van der Waals surface area contributed by atoms with E-state index in [9.17, 15) is 23.3 Å². The van der Waals surface area contributed by atoms with Gasteiger partial charge < -0.3 is 9.47 Å². The summed E-state index contributed by atoms with van der Waals surface area (Å²) in [6.45, 7) is 2.32. The predicted octanol–water partition coefficient (Wildman–Crippen LogP) is 7.34. The molecule has 0 radical (unpaired) electrons. The SMILES string of the molecule is CCOc1cc(/C=N\Nc2ccc(C(F)(F)F)cc2[N+](=O)[O-])cc(Cl)c1OCc1ccc(Cl)cc1. The molecule has 0 aliphatic rings. The van der Waals surface area contributed by atoms with Crippen LogP contribution in [0.25, 0.3) is 0 Å². The van der Waals surface area contributed by atoms with E-state index in [1.54, 1.807) is 25.1 Å². The molecular formula is C23H18Cl2F3N3O4. The lowest BCUT2D eigenvalue weighted by molar-refractivity contribution is -0.384. The maximum atomic E-state index is 12.9. The molecule has 0 saturated carbocycles. The highest BCUT2D eigenvalue weighted by atomic mass is 35.5. The van der Waals surface area contributed by atoms with Gasteiger partial charge >= 0.3 is 6.18 Å². The van der Waals surface area contributed by atoms with Gasteiger partial charge in [-0.2, -0.15) is 18.3 Å². The number of hydrogen-bond donors (Lipinski definition) is 1. The largest absolute Gasteiger partial charge is 0.490 e. The highest BCUT2D eigenvalue weighted by Crippen LogP contribution is 2.37. The fourth-order valence-electron chi connectivity index (χ4n) is 2.93. The molecule has 0 unspecified atom stereocenters. The van der Waals surface area contributed by atoms with Gasteiger partial charge in [-0.25, -0.2) is 0 Å². The molecule has 0 amide bonds. The average Bonchev–Trinajstić information content (AvgIpc) is 2.79. The monoisotopic (exact) mass is 527 g/mol. The summed E-state index contributed by atoms with van der Waals surface area (Å²) in [5.74, 6) is 0.655. The first-order valence-electron chi connectivity index (χ1n) is 10.1. The van der Waals surface area contributed by atoms with Gasteiger partial charge in [-0.15, -0.1) is 0 Å². The van der Waals surface area contributed by atoms with Crippen LogP contribution < -0.4 is 14.9 Å². The first kappa shape index (κ1) is 26.1. The quantitative estimate of drug-likeness (QED) is 0.178. The van der Waals surface area contributed by atoms with Gasteiger partial charge in [0.2, 0.25) is 0 Å². The van der Waals surface area contributed by atoms with Gasteiger partial charge in [0.1, 0.15) is 12.3 Å². The third kappa shape index (κ3) is 7.00. The number of hydrazone groups is 1. The Morgan fingerprint density at radius 1 is 1.09 bits per heavy atom. The number of benzene rings is 3. The Labute approximate surface area is 208 Å². The highest BCUT2D eigenvalue weighted by molar-refractivity contribution is 6.32. The smallest absolute Gasteiger partial charge is 0.416 e. The van der Waals surface area contributed by atoms with Crippen LogP contribution in [0.5, 0.6) is 11.5 Å². The molecule has 0 saturated heterocycles. The minimum Gasteiger partial charge on any atom is -0.490 e. The zero-order chi connectivity index (χ0) is 25.6. The first-order valence-corrected chi connectivity index (χ1v) is 10.8. The van der Waals surface area contributed by atoms with Gasteiger partial charge in [-0.3, -0.25) is 15.5 Å². The summed E-state index contributed by atoms with van der Waals surface area (Å²) in [5.41, 5.74) is 1.60. The van der Waals surface area contributed by atoms with Crippen LogP contribution in [0.2, 0.25) is 10.0 Å². The van der Waals surface area contributed by atoms with Crippen molar-refractivity contribution in [3.05, 3.63) is 91.4 Å². The van der Waals surface area contributed by atoms with Crippen LogP contribution in [0, 0.1) is 10.1 Å². The second-order valence-corrected chi connectivity index (χ2v) is 7.88. The van der Waals surface area contributed by atoms with Crippen molar-refractivity contribution in [2.45, 2.75) is 19.7 Å². The van der Waals surface area contributed by atoms with E-state index in [0.717, 1.165) is 17.7 Å². The van der Waals surface area contributed by atoms with Crippen molar-refractivity contribution in [1.82, 2.24) is 0 Å². The Kier molecular flexibility index (Phi) is 8.42. The molecule has 0 aliphatic heterocycles. The van der Waals surface area contributed by atoms with E-state index in [1.165, 1.54) is 12.3 Å². The number of ether oxygens (including phenoxy) is 2. The number of nitro benzene ring substituents is 1. The van der Waals surface area contributed by atoms with E-state index in [1.807, 2.05) is 12.1 Å². The number of nitro groups is 1. The number of halogens is 5. The van der Waals surface area contributed by atoms with Crippen LogP contribution >= 0.6 is 23.2 Å². The van der Waals surface area contributed by atoms with Crippen LogP contribution in [0.15, 0.2) is 59.7 Å². The van der Waals surface area contributed by atoms with Gasteiger partial charge in [0.25, 0.3) is 5.69 Å². The maximum absolute atomic E-state index is 12.9.